The number of pyridine rings is 2. The topological polar surface area (TPSA) is 87.0 Å². The highest BCUT2D eigenvalue weighted by atomic mass is 19.3. The van der Waals surface area contributed by atoms with Crippen molar-refractivity contribution in [1.82, 2.24) is 14.9 Å². The van der Waals surface area contributed by atoms with Crippen LogP contribution in [-0.4, -0.2) is 45.1 Å². The van der Waals surface area contributed by atoms with Gasteiger partial charge >= 0.3 is 0 Å². The number of hydrogen-bond acceptors (Lipinski definition) is 5. The maximum Gasteiger partial charge on any atom is 0.268 e. The molecule has 178 valence electrons. The van der Waals surface area contributed by atoms with Crippen molar-refractivity contribution in [2.45, 2.75) is 45.1 Å². The van der Waals surface area contributed by atoms with E-state index in [9.17, 15) is 18.4 Å². The van der Waals surface area contributed by atoms with Crippen LogP contribution in [0.15, 0.2) is 48.8 Å². The Kier molecular flexibility index (Phi) is 6.70. The molecule has 1 fully saturated rings. The third kappa shape index (κ3) is 5.40. The molecule has 2 aromatic heterocycles. The number of Topliss-reactive ketones (excluding diaryl/α,β-unsaturated/α-hetero) is 1. The van der Waals surface area contributed by atoms with Gasteiger partial charge in [0.05, 0.1) is 18.1 Å². The van der Waals surface area contributed by atoms with E-state index in [1.54, 1.807) is 18.3 Å². The van der Waals surface area contributed by atoms with E-state index >= 15 is 0 Å². The summed E-state index contributed by atoms with van der Waals surface area (Å²) in [5, 5.41) is 9.76. The van der Waals surface area contributed by atoms with Gasteiger partial charge in [-0.25, -0.2) is 8.78 Å². The van der Waals surface area contributed by atoms with Gasteiger partial charge in [-0.3, -0.25) is 19.6 Å². The van der Waals surface area contributed by atoms with Crippen molar-refractivity contribution < 1.29 is 18.4 Å². The molecule has 0 bridgehead atoms. The second-order valence-corrected chi connectivity index (χ2v) is 8.80. The fraction of sp³-hybridized carbons (Fsp3) is 0.296. The normalized spacial score (nSPS) is 17.4. The lowest BCUT2D eigenvalue weighted by atomic mass is 9.97. The van der Waals surface area contributed by atoms with Gasteiger partial charge in [0.25, 0.3) is 5.92 Å². The number of allylic oxidation sites excluding steroid dienone is 1. The minimum atomic E-state index is -3.09. The maximum atomic E-state index is 13.7. The van der Waals surface area contributed by atoms with Crippen LogP contribution in [0, 0.1) is 18.3 Å². The van der Waals surface area contributed by atoms with E-state index in [2.05, 4.69) is 9.97 Å². The second kappa shape index (κ2) is 9.71. The summed E-state index contributed by atoms with van der Waals surface area (Å²) in [7, 11) is 0. The van der Waals surface area contributed by atoms with Crippen molar-refractivity contribution in [2.24, 2.45) is 0 Å². The largest absolute Gasteiger partial charge is 0.320 e. The van der Waals surface area contributed by atoms with Crippen molar-refractivity contribution >= 4 is 34.2 Å². The van der Waals surface area contributed by atoms with Crippen molar-refractivity contribution in [2.75, 3.05) is 6.54 Å². The van der Waals surface area contributed by atoms with Crippen LogP contribution in [0.3, 0.4) is 0 Å². The smallest absolute Gasteiger partial charge is 0.268 e. The molecule has 1 aliphatic heterocycles. The summed E-state index contributed by atoms with van der Waals surface area (Å²) in [6.45, 7) is 3.10. The van der Waals surface area contributed by atoms with Crippen LogP contribution in [-0.2, 0) is 4.79 Å². The van der Waals surface area contributed by atoms with Gasteiger partial charge in [-0.05, 0) is 60.9 Å². The standard InChI is InChI=1S/C27H24F2N4O2/c1-17(11-19-4-3-18(2)32-15-19)20-5-6-24-23(12-20)22(9-10-31-24)25(34)7-8-26(35)33-16-27(28,29)13-21(33)14-30/h3-6,9-12,15,21H,7-8,13,16H2,1-2H3/b17-11+/t21-/m0/s1. The first-order valence-corrected chi connectivity index (χ1v) is 11.3. The lowest BCUT2D eigenvalue weighted by Crippen LogP contribution is -2.36. The SMILES string of the molecule is C/C(=C\c1ccc(C)nc1)c1ccc2nccc(C(=O)CCC(=O)N3CC(F)(F)C[C@H]3C#N)c2c1. The molecule has 1 aromatic carbocycles. The minimum absolute atomic E-state index is 0.147. The van der Waals surface area contributed by atoms with Crippen LogP contribution in [0.5, 0.6) is 0 Å². The second-order valence-electron chi connectivity index (χ2n) is 8.80. The molecule has 0 radical (unpaired) electrons. The molecule has 0 unspecified atom stereocenters. The Balaban J connectivity index is 1.54. The highest BCUT2D eigenvalue weighted by Crippen LogP contribution is 2.32. The summed E-state index contributed by atoms with van der Waals surface area (Å²) in [5.74, 6) is -3.99. The zero-order chi connectivity index (χ0) is 25.2. The van der Waals surface area contributed by atoms with Crippen LogP contribution in [0.4, 0.5) is 8.78 Å². The summed E-state index contributed by atoms with van der Waals surface area (Å²) in [5.41, 5.74) is 4.83. The van der Waals surface area contributed by atoms with Gasteiger partial charge in [0.1, 0.15) is 6.04 Å². The molecule has 35 heavy (non-hydrogen) atoms. The lowest BCUT2D eigenvalue weighted by molar-refractivity contribution is -0.132. The quantitative estimate of drug-likeness (QED) is 0.457. The van der Waals surface area contributed by atoms with Gasteiger partial charge in [-0.2, -0.15) is 5.26 Å². The number of nitriles is 1. The average Bonchev–Trinajstić information content (AvgIpc) is 3.17. The Labute approximate surface area is 201 Å². The van der Waals surface area contributed by atoms with Crippen LogP contribution >= 0.6 is 0 Å². The van der Waals surface area contributed by atoms with Crippen molar-refractivity contribution in [3.8, 4) is 6.07 Å². The molecule has 6 nitrogen and oxygen atoms in total. The van der Waals surface area contributed by atoms with Gasteiger partial charge in [0, 0.05) is 48.3 Å². The number of aromatic nitrogens is 2. The number of nitrogens with zero attached hydrogens (tertiary/aromatic N) is 4. The first kappa shape index (κ1) is 24.1. The van der Waals surface area contributed by atoms with Crippen molar-refractivity contribution in [3.63, 3.8) is 0 Å². The highest BCUT2D eigenvalue weighted by Gasteiger charge is 2.47. The third-order valence-corrected chi connectivity index (χ3v) is 6.12. The number of carbonyl (C=O) groups is 2. The molecule has 8 heteroatoms. The zero-order valence-electron chi connectivity index (χ0n) is 19.5. The number of aryl methyl sites for hydroxylation is 1. The van der Waals surface area contributed by atoms with E-state index in [4.69, 9.17) is 5.26 Å². The Morgan fingerprint density at radius 1 is 1.20 bits per heavy atom. The Morgan fingerprint density at radius 3 is 2.71 bits per heavy atom. The number of carbonyl (C=O) groups excluding carboxylic acids is 2. The molecule has 1 saturated heterocycles. The maximum absolute atomic E-state index is 13.7. The molecule has 3 heterocycles. The molecule has 1 aliphatic rings. The summed E-state index contributed by atoms with van der Waals surface area (Å²) in [6, 6.07) is 11.7. The Morgan fingerprint density at radius 2 is 2.00 bits per heavy atom. The van der Waals surface area contributed by atoms with Crippen molar-refractivity contribution in [3.05, 3.63) is 71.2 Å². The third-order valence-electron chi connectivity index (χ3n) is 6.12. The summed E-state index contributed by atoms with van der Waals surface area (Å²) >= 11 is 0. The fourth-order valence-corrected chi connectivity index (χ4v) is 4.23. The number of alkyl halides is 2. The Hall–Kier alpha value is -3.99. The average molecular weight is 475 g/mol. The van der Waals surface area contributed by atoms with Crippen LogP contribution in [0.1, 0.15) is 53.4 Å². The molecule has 0 saturated carbocycles. The molecule has 3 aromatic rings. The van der Waals surface area contributed by atoms with Crippen LogP contribution in [0.2, 0.25) is 0 Å². The minimum Gasteiger partial charge on any atom is -0.320 e. The van der Waals surface area contributed by atoms with Gasteiger partial charge < -0.3 is 4.90 Å². The molecule has 4 rings (SSSR count). The summed E-state index contributed by atoms with van der Waals surface area (Å²) in [6.07, 6.45) is 4.27. The highest BCUT2D eigenvalue weighted by molar-refractivity contribution is 6.08. The number of halogens is 2. The van der Waals surface area contributed by atoms with E-state index in [0.29, 0.717) is 16.5 Å². The number of benzene rings is 1. The van der Waals surface area contributed by atoms with E-state index in [-0.39, 0.29) is 18.6 Å². The molecule has 0 aliphatic carbocycles. The summed E-state index contributed by atoms with van der Waals surface area (Å²) < 4.78 is 27.3. The first-order valence-electron chi connectivity index (χ1n) is 11.3. The molecule has 1 atom stereocenters. The van der Waals surface area contributed by atoms with E-state index in [0.717, 1.165) is 27.3 Å². The van der Waals surface area contributed by atoms with Crippen molar-refractivity contribution in [1.29, 1.82) is 5.26 Å². The lowest BCUT2D eigenvalue weighted by Gasteiger charge is -2.18. The van der Waals surface area contributed by atoms with Gasteiger partial charge in [-0.15, -0.1) is 0 Å². The summed E-state index contributed by atoms with van der Waals surface area (Å²) in [4.78, 5) is 35.1. The molecular formula is C27H24F2N4O2. The van der Waals surface area contributed by atoms with E-state index in [1.165, 1.54) is 6.20 Å². The predicted molar refractivity (Wildman–Crippen MR) is 129 cm³/mol. The number of hydrogen-bond donors (Lipinski definition) is 0. The molecule has 0 N–H and O–H groups in total. The van der Waals surface area contributed by atoms with Crippen LogP contribution in [0.25, 0.3) is 22.6 Å². The van der Waals surface area contributed by atoms with Crippen LogP contribution < -0.4 is 0 Å². The number of likely N-dealkylation sites (tertiary alicyclic amines) is 1. The first-order chi connectivity index (χ1) is 16.7. The molecule has 0 spiro atoms. The number of amides is 1. The number of fused-ring (bicyclic) bond motifs is 1. The Bertz CT molecular complexity index is 1360. The number of rotatable bonds is 6. The van der Waals surface area contributed by atoms with E-state index < -0.39 is 30.8 Å². The monoisotopic (exact) mass is 474 g/mol. The van der Waals surface area contributed by atoms with Gasteiger partial charge in [-0.1, -0.05) is 12.1 Å². The molecular weight excluding hydrogens is 450 g/mol. The van der Waals surface area contributed by atoms with Gasteiger partial charge in [0.15, 0.2) is 5.78 Å². The number of ketones is 1. The zero-order valence-corrected chi connectivity index (χ0v) is 19.5. The van der Waals surface area contributed by atoms with E-state index in [1.807, 2.05) is 50.3 Å². The van der Waals surface area contributed by atoms with Gasteiger partial charge in [0.2, 0.25) is 5.91 Å². The fourth-order valence-electron chi connectivity index (χ4n) is 4.23. The predicted octanol–water partition coefficient (Wildman–Crippen LogP) is 5.22. The molecule has 1 amide bonds.